The monoisotopic (exact) mass is 283 g/mol. The van der Waals surface area contributed by atoms with Gasteiger partial charge in [-0.05, 0) is 25.0 Å². The van der Waals surface area contributed by atoms with Crippen LogP contribution in [0.25, 0.3) is 0 Å². The van der Waals surface area contributed by atoms with Gasteiger partial charge in [-0.25, -0.2) is 0 Å². The fourth-order valence-electron chi connectivity index (χ4n) is 2.04. The van der Waals surface area contributed by atoms with Gasteiger partial charge in [0.15, 0.2) is 0 Å². The van der Waals surface area contributed by atoms with Crippen molar-refractivity contribution < 1.29 is 4.79 Å². The first kappa shape index (κ1) is 15.0. The van der Waals surface area contributed by atoms with Crippen LogP contribution in [0.5, 0.6) is 0 Å². The summed E-state index contributed by atoms with van der Waals surface area (Å²) in [4.78, 5) is 16.4. The largest absolute Gasteiger partial charge is 0.384 e. The molecule has 0 aliphatic rings. The van der Waals surface area contributed by atoms with Crippen molar-refractivity contribution >= 4 is 11.6 Å². The molecule has 2 aromatic rings. The van der Waals surface area contributed by atoms with Gasteiger partial charge in [0.1, 0.15) is 0 Å². The van der Waals surface area contributed by atoms with Crippen LogP contribution >= 0.6 is 0 Å². The van der Waals surface area contributed by atoms with Gasteiger partial charge in [-0.3, -0.25) is 9.78 Å². The molecule has 1 unspecified atom stereocenters. The molecule has 1 amide bonds. The summed E-state index contributed by atoms with van der Waals surface area (Å²) < 4.78 is 0. The molecule has 110 valence electrons. The van der Waals surface area contributed by atoms with Crippen molar-refractivity contribution in [3.63, 3.8) is 0 Å². The number of pyridine rings is 1. The van der Waals surface area contributed by atoms with Crippen LogP contribution in [0.2, 0.25) is 0 Å². The number of carbonyl (C=O) groups excluding carboxylic acids is 1. The average Bonchev–Trinajstić information content (AvgIpc) is 2.54. The van der Waals surface area contributed by atoms with Crippen LogP contribution in [-0.2, 0) is 0 Å². The quantitative estimate of drug-likeness (QED) is 0.854. The average molecular weight is 283 g/mol. The Morgan fingerprint density at radius 1 is 1.24 bits per heavy atom. The molecule has 4 heteroatoms. The summed E-state index contributed by atoms with van der Waals surface area (Å²) in [6, 6.07) is 11.7. The summed E-state index contributed by atoms with van der Waals surface area (Å²) in [5, 5.41) is 6.22. The van der Waals surface area contributed by atoms with Gasteiger partial charge in [-0.2, -0.15) is 0 Å². The molecule has 0 aliphatic heterocycles. The van der Waals surface area contributed by atoms with Gasteiger partial charge < -0.3 is 10.6 Å². The van der Waals surface area contributed by atoms with Crippen molar-refractivity contribution in [2.45, 2.75) is 26.3 Å². The van der Waals surface area contributed by atoms with Crippen LogP contribution in [0.1, 0.15) is 42.2 Å². The molecule has 0 fully saturated rings. The summed E-state index contributed by atoms with van der Waals surface area (Å²) in [7, 11) is 0. The Labute approximate surface area is 125 Å². The van der Waals surface area contributed by atoms with Crippen LogP contribution < -0.4 is 10.6 Å². The molecule has 21 heavy (non-hydrogen) atoms. The minimum absolute atomic E-state index is 0.0362. The number of hydrogen-bond donors (Lipinski definition) is 2. The Balaban J connectivity index is 2.03. The van der Waals surface area contributed by atoms with E-state index < -0.39 is 0 Å². The molecule has 0 spiro atoms. The molecule has 1 atom stereocenters. The van der Waals surface area contributed by atoms with Crippen molar-refractivity contribution in [3.05, 3.63) is 59.9 Å². The molecule has 1 heterocycles. The number of rotatable bonds is 6. The standard InChI is InChI=1S/C17H21N3O/c1-3-9-19-16-10-15(11-18-12-16)17(21)20-13(2)14-7-5-4-6-8-14/h4-8,10-13,19H,3,9H2,1-2H3,(H,20,21). The number of amides is 1. The number of nitrogens with one attached hydrogen (secondary N) is 2. The predicted molar refractivity (Wildman–Crippen MR) is 85.3 cm³/mol. The van der Waals surface area contributed by atoms with E-state index in [0.717, 1.165) is 24.2 Å². The van der Waals surface area contributed by atoms with Crippen molar-refractivity contribution in [3.8, 4) is 0 Å². The fourth-order valence-corrected chi connectivity index (χ4v) is 2.04. The molecule has 0 saturated heterocycles. The third-order valence-electron chi connectivity index (χ3n) is 3.23. The van der Waals surface area contributed by atoms with E-state index in [2.05, 4.69) is 22.5 Å². The zero-order chi connectivity index (χ0) is 15.1. The summed E-state index contributed by atoms with van der Waals surface area (Å²) >= 11 is 0. The maximum absolute atomic E-state index is 12.3. The van der Waals surface area contributed by atoms with Crippen LogP contribution in [-0.4, -0.2) is 17.4 Å². The lowest BCUT2D eigenvalue weighted by molar-refractivity contribution is 0.0939. The van der Waals surface area contributed by atoms with Crippen molar-refractivity contribution in [1.82, 2.24) is 10.3 Å². The first-order chi connectivity index (χ1) is 10.2. The van der Waals surface area contributed by atoms with E-state index in [-0.39, 0.29) is 11.9 Å². The lowest BCUT2D eigenvalue weighted by Crippen LogP contribution is -2.26. The zero-order valence-electron chi connectivity index (χ0n) is 12.5. The van der Waals surface area contributed by atoms with E-state index >= 15 is 0 Å². The molecule has 4 nitrogen and oxygen atoms in total. The number of hydrogen-bond acceptors (Lipinski definition) is 3. The third-order valence-corrected chi connectivity index (χ3v) is 3.23. The summed E-state index contributed by atoms with van der Waals surface area (Å²) in [6.45, 7) is 4.94. The van der Waals surface area contributed by atoms with Crippen molar-refractivity contribution in [2.75, 3.05) is 11.9 Å². The van der Waals surface area contributed by atoms with E-state index in [1.807, 2.05) is 43.3 Å². The van der Waals surface area contributed by atoms with Gasteiger partial charge in [0.2, 0.25) is 0 Å². The normalized spacial score (nSPS) is 11.7. The maximum Gasteiger partial charge on any atom is 0.253 e. The molecule has 0 bridgehead atoms. The van der Waals surface area contributed by atoms with Gasteiger partial charge in [-0.1, -0.05) is 37.3 Å². The van der Waals surface area contributed by atoms with E-state index in [1.54, 1.807) is 12.4 Å². The van der Waals surface area contributed by atoms with Crippen LogP contribution in [0.15, 0.2) is 48.8 Å². The Kier molecular flexibility index (Phi) is 5.32. The van der Waals surface area contributed by atoms with E-state index in [9.17, 15) is 4.79 Å². The van der Waals surface area contributed by atoms with Crippen molar-refractivity contribution in [2.24, 2.45) is 0 Å². The van der Waals surface area contributed by atoms with Crippen LogP contribution in [0.3, 0.4) is 0 Å². The Morgan fingerprint density at radius 2 is 2.00 bits per heavy atom. The lowest BCUT2D eigenvalue weighted by Gasteiger charge is -2.14. The SMILES string of the molecule is CCCNc1cncc(C(=O)NC(C)c2ccccc2)c1. The molecular weight excluding hydrogens is 262 g/mol. The summed E-state index contributed by atoms with van der Waals surface area (Å²) in [5.41, 5.74) is 2.52. The highest BCUT2D eigenvalue weighted by Crippen LogP contribution is 2.13. The summed E-state index contributed by atoms with van der Waals surface area (Å²) in [5.74, 6) is -0.112. The van der Waals surface area contributed by atoms with Crippen molar-refractivity contribution in [1.29, 1.82) is 0 Å². The number of carbonyl (C=O) groups is 1. The molecule has 1 aromatic carbocycles. The molecule has 0 aliphatic carbocycles. The lowest BCUT2D eigenvalue weighted by atomic mass is 10.1. The molecule has 1 aromatic heterocycles. The fraction of sp³-hybridized carbons (Fsp3) is 0.294. The van der Waals surface area contributed by atoms with Gasteiger partial charge in [-0.15, -0.1) is 0 Å². The zero-order valence-corrected chi connectivity index (χ0v) is 12.5. The predicted octanol–water partition coefficient (Wildman–Crippen LogP) is 3.39. The van der Waals surface area contributed by atoms with Gasteiger partial charge in [0.05, 0.1) is 17.3 Å². The molecule has 0 saturated carbocycles. The number of anilines is 1. The second-order valence-corrected chi connectivity index (χ2v) is 4.99. The van der Waals surface area contributed by atoms with E-state index in [0.29, 0.717) is 5.56 Å². The minimum Gasteiger partial charge on any atom is -0.384 e. The molecular formula is C17H21N3O. The minimum atomic E-state index is -0.112. The Morgan fingerprint density at radius 3 is 2.71 bits per heavy atom. The molecule has 2 N–H and O–H groups in total. The Hall–Kier alpha value is -2.36. The smallest absolute Gasteiger partial charge is 0.253 e. The highest BCUT2D eigenvalue weighted by Gasteiger charge is 2.11. The van der Waals surface area contributed by atoms with Crippen LogP contribution in [0, 0.1) is 0 Å². The summed E-state index contributed by atoms with van der Waals surface area (Å²) in [6.07, 6.45) is 4.35. The van der Waals surface area contributed by atoms with E-state index in [4.69, 9.17) is 0 Å². The topological polar surface area (TPSA) is 54.0 Å². The first-order valence-electron chi connectivity index (χ1n) is 7.25. The molecule has 2 rings (SSSR count). The number of nitrogens with zero attached hydrogens (tertiary/aromatic N) is 1. The maximum atomic E-state index is 12.3. The van der Waals surface area contributed by atoms with Gasteiger partial charge >= 0.3 is 0 Å². The second-order valence-electron chi connectivity index (χ2n) is 4.99. The number of benzene rings is 1. The second kappa shape index (κ2) is 7.43. The highest BCUT2D eigenvalue weighted by molar-refractivity contribution is 5.94. The van der Waals surface area contributed by atoms with E-state index in [1.165, 1.54) is 0 Å². The number of aromatic nitrogens is 1. The molecule has 0 radical (unpaired) electrons. The van der Waals surface area contributed by atoms with Gasteiger partial charge in [0.25, 0.3) is 5.91 Å². The third kappa shape index (κ3) is 4.31. The first-order valence-corrected chi connectivity index (χ1v) is 7.25. The van der Waals surface area contributed by atoms with Gasteiger partial charge in [0, 0.05) is 18.9 Å². The Bertz CT molecular complexity index is 584. The van der Waals surface area contributed by atoms with Crippen LogP contribution in [0.4, 0.5) is 5.69 Å². The highest BCUT2D eigenvalue weighted by atomic mass is 16.1.